The lowest BCUT2D eigenvalue weighted by molar-refractivity contribution is 0.455. The highest BCUT2D eigenvalue weighted by Crippen LogP contribution is 2.26. The van der Waals surface area contributed by atoms with Crippen molar-refractivity contribution in [2.24, 2.45) is 7.05 Å². The highest BCUT2D eigenvalue weighted by atomic mass is 16.1. The zero-order chi connectivity index (χ0) is 11.8. The van der Waals surface area contributed by atoms with Gasteiger partial charge < -0.3 is 10.3 Å². The Hall–Kier alpha value is -1.69. The molecule has 0 aromatic carbocycles. The first kappa shape index (κ1) is 10.5. The lowest BCUT2D eigenvalue weighted by atomic mass is 9.94. The largest absolute Gasteiger partial charge is 0.327 e. The predicted octanol–water partition coefficient (Wildman–Crippen LogP) is 0.124. The van der Waals surface area contributed by atoms with Gasteiger partial charge >= 0.3 is 5.69 Å². The molecule has 17 heavy (non-hydrogen) atoms. The first-order valence-corrected chi connectivity index (χ1v) is 5.87. The number of nitrogens with zero attached hydrogens (tertiary/aromatic N) is 3. The van der Waals surface area contributed by atoms with E-state index in [0.29, 0.717) is 11.6 Å². The van der Waals surface area contributed by atoms with Gasteiger partial charge in [-0.25, -0.2) is 14.8 Å². The van der Waals surface area contributed by atoms with Crippen LogP contribution in [0.25, 0.3) is 11.2 Å². The Morgan fingerprint density at radius 1 is 1.35 bits per heavy atom. The standard InChI is InChI=1S/C11H15N5O/c1-16-10-9(15-11(16)17)8(13-6-14-10)7-2-4-12-5-3-7/h6-7,12H,2-5H2,1H3,(H,15,17). The molecule has 1 aliphatic heterocycles. The molecule has 0 radical (unpaired) electrons. The van der Waals surface area contributed by atoms with Gasteiger partial charge in [0, 0.05) is 13.0 Å². The molecule has 0 saturated carbocycles. The number of aryl methyl sites for hydroxylation is 1. The van der Waals surface area contributed by atoms with Crippen molar-refractivity contribution >= 4 is 11.2 Å². The van der Waals surface area contributed by atoms with Gasteiger partial charge in [0.05, 0.1) is 5.69 Å². The Bertz CT molecular complexity index is 593. The van der Waals surface area contributed by atoms with Gasteiger partial charge in [-0.1, -0.05) is 0 Å². The molecule has 0 amide bonds. The van der Waals surface area contributed by atoms with Crippen molar-refractivity contribution in [1.82, 2.24) is 24.8 Å². The molecule has 2 aromatic heterocycles. The van der Waals surface area contributed by atoms with Gasteiger partial charge in [0.1, 0.15) is 11.8 Å². The Morgan fingerprint density at radius 2 is 2.12 bits per heavy atom. The van der Waals surface area contributed by atoms with E-state index in [-0.39, 0.29) is 5.69 Å². The minimum Gasteiger partial charge on any atom is -0.317 e. The van der Waals surface area contributed by atoms with Gasteiger partial charge in [-0.15, -0.1) is 0 Å². The van der Waals surface area contributed by atoms with E-state index in [1.807, 2.05) is 0 Å². The Labute approximate surface area is 98.1 Å². The minimum atomic E-state index is -0.129. The summed E-state index contributed by atoms with van der Waals surface area (Å²) in [4.78, 5) is 23.0. The van der Waals surface area contributed by atoms with Crippen LogP contribution in [-0.4, -0.2) is 32.6 Å². The summed E-state index contributed by atoms with van der Waals surface area (Å²) in [6.45, 7) is 2.01. The zero-order valence-electron chi connectivity index (χ0n) is 9.73. The highest BCUT2D eigenvalue weighted by Gasteiger charge is 2.21. The summed E-state index contributed by atoms with van der Waals surface area (Å²) in [5, 5.41) is 3.33. The fraction of sp³-hybridized carbons (Fsp3) is 0.545. The van der Waals surface area contributed by atoms with E-state index < -0.39 is 0 Å². The second-order valence-corrected chi connectivity index (χ2v) is 4.47. The maximum Gasteiger partial charge on any atom is 0.327 e. The van der Waals surface area contributed by atoms with Crippen molar-refractivity contribution in [3.8, 4) is 0 Å². The van der Waals surface area contributed by atoms with Crippen molar-refractivity contribution in [3.63, 3.8) is 0 Å². The van der Waals surface area contributed by atoms with Crippen LogP contribution in [0.1, 0.15) is 24.5 Å². The molecule has 90 valence electrons. The second-order valence-electron chi connectivity index (χ2n) is 4.47. The molecule has 0 aliphatic carbocycles. The predicted molar refractivity (Wildman–Crippen MR) is 64.0 cm³/mol. The number of imidazole rings is 1. The van der Waals surface area contributed by atoms with Crippen molar-refractivity contribution in [1.29, 1.82) is 0 Å². The number of H-pyrrole nitrogens is 1. The van der Waals surface area contributed by atoms with Crippen molar-refractivity contribution in [2.45, 2.75) is 18.8 Å². The van der Waals surface area contributed by atoms with E-state index in [4.69, 9.17) is 0 Å². The quantitative estimate of drug-likeness (QED) is 0.733. The molecule has 3 rings (SSSR count). The molecule has 3 heterocycles. The number of hydrogen-bond acceptors (Lipinski definition) is 4. The third kappa shape index (κ3) is 1.64. The van der Waals surface area contributed by atoms with Crippen LogP contribution in [0.15, 0.2) is 11.1 Å². The van der Waals surface area contributed by atoms with E-state index in [1.165, 1.54) is 4.57 Å². The highest BCUT2D eigenvalue weighted by molar-refractivity contribution is 5.73. The molecule has 2 aromatic rings. The summed E-state index contributed by atoms with van der Waals surface area (Å²) in [7, 11) is 1.72. The molecular formula is C11H15N5O. The van der Waals surface area contributed by atoms with Gasteiger partial charge in [-0.05, 0) is 25.9 Å². The number of nitrogens with one attached hydrogen (secondary N) is 2. The molecule has 0 unspecified atom stereocenters. The average Bonchev–Trinajstić information content (AvgIpc) is 2.67. The maximum absolute atomic E-state index is 11.6. The number of hydrogen-bond donors (Lipinski definition) is 2. The summed E-state index contributed by atoms with van der Waals surface area (Å²) in [5.74, 6) is 0.416. The van der Waals surface area contributed by atoms with E-state index in [0.717, 1.165) is 37.1 Å². The van der Waals surface area contributed by atoms with E-state index in [2.05, 4.69) is 20.3 Å². The van der Waals surface area contributed by atoms with Gasteiger partial charge in [0.2, 0.25) is 0 Å². The smallest absolute Gasteiger partial charge is 0.317 e. The maximum atomic E-state index is 11.6. The number of fused-ring (bicyclic) bond motifs is 1. The Morgan fingerprint density at radius 3 is 2.88 bits per heavy atom. The third-order valence-electron chi connectivity index (χ3n) is 3.44. The monoisotopic (exact) mass is 233 g/mol. The fourth-order valence-corrected chi connectivity index (χ4v) is 2.46. The molecule has 2 N–H and O–H groups in total. The van der Waals surface area contributed by atoms with Crippen molar-refractivity contribution < 1.29 is 0 Å². The lowest BCUT2D eigenvalue weighted by Gasteiger charge is -2.22. The topological polar surface area (TPSA) is 75.6 Å². The van der Waals surface area contributed by atoms with Crippen LogP contribution in [0.4, 0.5) is 0 Å². The minimum absolute atomic E-state index is 0.129. The van der Waals surface area contributed by atoms with Crippen LogP contribution in [0, 0.1) is 0 Å². The number of piperidine rings is 1. The molecule has 6 nitrogen and oxygen atoms in total. The van der Waals surface area contributed by atoms with Crippen LogP contribution >= 0.6 is 0 Å². The Kier molecular flexibility index (Phi) is 2.44. The normalized spacial score (nSPS) is 17.7. The third-order valence-corrected chi connectivity index (χ3v) is 3.44. The summed E-state index contributed by atoms with van der Waals surface area (Å²) in [6.07, 6.45) is 3.67. The molecule has 1 saturated heterocycles. The number of aromatic amines is 1. The second kappa shape index (κ2) is 3.96. The summed E-state index contributed by atoms with van der Waals surface area (Å²) < 4.78 is 1.53. The average molecular weight is 233 g/mol. The van der Waals surface area contributed by atoms with Gasteiger partial charge in [-0.2, -0.15) is 0 Å². The SMILES string of the molecule is Cn1c(=O)[nH]c2c(C3CCNCC3)ncnc21. The molecular weight excluding hydrogens is 218 g/mol. The van der Waals surface area contributed by atoms with E-state index >= 15 is 0 Å². The summed E-state index contributed by atoms with van der Waals surface area (Å²) in [5.41, 5.74) is 2.34. The van der Waals surface area contributed by atoms with Crippen LogP contribution < -0.4 is 11.0 Å². The molecule has 0 atom stereocenters. The van der Waals surface area contributed by atoms with Crippen molar-refractivity contribution in [3.05, 3.63) is 22.5 Å². The zero-order valence-corrected chi connectivity index (χ0v) is 9.73. The van der Waals surface area contributed by atoms with E-state index in [1.54, 1.807) is 13.4 Å². The van der Waals surface area contributed by atoms with Crippen LogP contribution in [0.5, 0.6) is 0 Å². The first-order chi connectivity index (χ1) is 8.27. The molecule has 0 bridgehead atoms. The van der Waals surface area contributed by atoms with E-state index in [9.17, 15) is 4.79 Å². The van der Waals surface area contributed by atoms with Crippen LogP contribution in [0.2, 0.25) is 0 Å². The molecule has 1 fully saturated rings. The van der Waals surface area contributed by atoms with Crippen molar-refractivity contribution in [2.75, 3.05) is 13.1 Å². The molecule has 0 spiro atoms. The lowest BCUT2D eigenvalue weighted by Crippen LogP contribution is -2.27. The molecule has 6 heteroatoms. The van der Waals surface area contributed by atoms with Crippen LogP contribution in [0.3, 0.4) is 0 Å². The number of rotatable bonds is 1. The summed E-state index contributed by atoms with van der Waals surface area (Å²) in [6, 6.07) is 0. The first-order valence-electron chi connectivity index (χ1n) is 5.87. The van der Waals surface area contributed by atoms with Crippen LogP contribution in [-0.2, 0) is 7.05 Å². The Balaban J connectivity index is 2.15. The number of aromatic nitrogens is 4. The summed E-state index contributed by atoms with van der Waals surface area (Å²) >= 11 is 0. The fourth-order valence-electron chi connectivity index (χ4n) is 2.46. The van der Waals surface area contributed by atoms with Gasteiger partial charge in [-0.3, -0.25) is 4.57 Å². The van der Waals surface area contributed by atoms with Gasteiger partial charge in [0.15, 0.2) is 5.65 Å². The van der Waals surface area contributed by atoms with Gasteiger partial charge in [0.25, 0.3) is 0 Å². The molecule has 1 aliphatic rings.